The van der Waals surface area contributed by atoms with E-state index in [2.05, 4.69) is 10.6 Å². The van der Waals surface area contributed by atoms with Gasteiger partial charge in [-0.05, 0) is 17.7 Å². The van der Waals surface area contributed by atoms with E-state index in [1.54, 1.807) is 24.3 Å². The molecule has 0 heterocycles. The first-order valence-electron chi connectivity index (χ1n) is 4.83. The van der Waals surface area contributed by atoms with E-state index in [4.69, 9.17) is 16.9 Å². The zero-order chi connectivity index (χ0) is 11.8. The number of hydrogen-bond acceptors (Lipinski definition) is 2. The number of halogens is 1. The van der Waals surface area contributed by atoms with Crippen molar-refractivity contribution in [2.24, 2.45) is 0 Å². The summed E-state index contributed by atoms with van der Waals surface area (Å²) in [7, 11) is 0. The Morgan fingerprint density at radius 1 is 1.31 bits per heavy atom. The standard InChI is InChI=1S/C11H12ClN3O/c12-5-6-14-11(16)15-8-10-3-1-9(7-13)2-4-10/h1-4H,5-6,8H2,(H2,14,15,16). The molecule has 0 bridgehead atoms. The third-order valence-corrected chi connectivity index (χ3v) is 2.11. The van der Waals surface area contributed by atoms with Gasteiger partial charge in [0.05, 0.1) is 11.6 Å². The van der Waals surface area contributed by atoms with E-state index in [1.807, 2.05) is 6.07 Å². The van der Waals surface area contributed by atoms with Crippen LogP contribution in [0.5, 0.6) is 0 Å². The molecule has 0 saturated heterocycles. The van der Waals surface area contributed by atoms with Gasteiger partial charge in [0.2, 0.25) is 0 Å². The molecule has 1 aromatic carbocycles. The number of nitriles is 1. The van der Waals surface area contributed by atoms with Gasteiger partial charge in [0.15, 0.2) is 0 Å². The van der Waals surface area contributed by atoms with E-state index in [9.17, 15) is 4.79 Å². The molecule has 0 aromatic heterocycles. The first-order valence-corrected chi connectivity index (χ1v) is 5.36. The Hall–Kier alpha value is -1.73. The number of amides is 2. The van der Waals surface area contributed by atoms with Crippen LogP contribution < -0.4 is 10.6 Å². The largest absolute Gasteiger partial charge is 0.337 e. The lowest BCUT2D eigenvalue weighted by Gasteiger charge is -2.06. The lowest BCUT2D eigenvalue weighted by Crippen LogP contribution is -2.36. The van der Waals surface area contributed by atoms with Crippen LogP contribution in [-0.2, 0) is 6.54 Å². The number of alkyl halides is 1. The van der Waals surface area contributed by atoms with Gasteiger partial charge in [-0.3, -0.25) is 0 Å². The molecule has 0 spiro atoms. The molecule has 0 aliphatic carbocycles. The highest BCUT2D eigenvalue weighted by Gasteiger charge is 1.99. The topological polar surface area (TPSA) is 64.9 Å². The first-order chi connectivity index (χ1) is 7.76. The minimum absolute atomic E-state index is 0.245. The highest BCUT2D eigenvalue weighted by atomic mass is 35.5. The third kappa shape index (κ3) is 4.20. The zero-order valence-electron chi connectivity index (χ0n) is 8.66. The van der Waals surface area contributed by atoms with Gasteiger partial charge in [-0.1, -0.05) is 12.1 Å². The van der Waals surface area contributed by atoms with Gasteiger partial charge < -0.3 is 10.6 Å². The maximum absolute atomic E-state index is 11.2. The van der Waals surface area contributed by atoms with Gasteiger partial charge >= 0.3 is 6.03 Å². The van der Waals surface area contributed by atoms with Gasteiger partial charge in [0.1, 0.15) is 0 Å². The average Bonchev–Trinajstić information content (AvgIpc) is 2.34. The van der Waals surface area contributed by atoms with Gasteiger partial charge in [-0.25, -0.2) is 4.79 Å². The first kappa shape index (κ1) is 12.3. The number of carbonyl (C=O) groups excluding carboxylic acids is 1. The van der Waals surface area contributed by atoms with E-state index in [1.165, 1.54) is 0 Å². The molecule has 16 heavy (non-hydrogen) atoms. The van der Waals surface area contributed by atoms with Crippen molar-refractivity contribution in [3.63, 3.8) is 0 Å². The normalized spacial score (nSPS) is 9.25. The Morgan fingerprint density at radius 3 is 2.56 bits per heavy atom. The Bertz CT molecular complexity index is 383. The summed E-state index contributed by atoms with van der Waals surface area (Å²) in [6, 6.07) is 8.83. The molecule has 0 saturated carbocycles. The summed E-state index contributed by atoms with van der Waals surface area (Å²) in [5.74, 6) is 0.393. The Balaban J connectivity index is 2.37. The molecule has 0 aliphatic heterocycles. The number of benzene rings is 1. The van der Waals surface area contributed by atoms with Crippen molar-refractivity contribution in [1.29, 1.82) is 5.26 Å². The highest BCUT2D eigenvalue weighted by Crippen LogP contribution is 2.02. The lowest BCUT2D eigenvalue weighted by molar-refractivity contribution is 0.241. The van der Waals surface area contributed by atoms with E-state index in [-0.39, 0.29) is 6.03 Å². The number of urea groups is 1. The summed E-state index contributed by atoms with van der Waals surface area (Å²) < 4.78 is 0. The van der Waals surface area contributed by atoms with Gasteiger partial charge in [0, 0.05) is 19.0 Å². The van der Waals surface area contributed by atoms with Crippen LogP contribution in [0, 0.1) is 11.3 Å². The Morgan fingerprint density at radius 2 is 2.00 bits per heavy atom. The summed E-state index contributed by atoms with van der Waals surface area (Å²) in [6.45, 7) is 0.876. The Kier molecular flexibility index (Phi) is 5.17. The molecule has 0 fully saturated rings. The van der Waals surface area contributed by atoms with Crippen molar-refractivity contribution in [2.75, 3.05) is 12.4 Å². The monoisotopic (exact) mass is 237 g/mol. The van der Waals surface area contributed by atoms with E-state index >= 15 is 0 Å². The number of hydrogen-bond donors (Lipinski definition) is 2. The second-order valence-electron chi connectivity index (χ2n) is 3.11. The second-order valence-corrected chi connectivity index (χ2v) is 3.49. The fraction of sp³-hybridized carbons (Fsp3) is 0.273. The van der Waals surface area contributed by atoms with Gasteiger partial charge in [-0.2, -0.15) is 5.26 Å². The number of carbonyl (C=O) groups is 1. The summed E-state index contributed by atoms with van der Waals surface area (Å²) >= 11 is 5.42. The van der Waals surface area contributed by atoms with Gasteiger partial charge in [-0.15, -0.1) is 11.6 Å². The SMILES string of the molecule is N#Cc1ccc(CNC(=O)NCCCl)cc1. The molecular weight excluding hydrogens is 226 g/mol. The van der Waals surface area contributed by atoms with Crippen LogP contribution in [0.2, 0.25) is 0 Å². The molecule has 1 rings (SSSR count). The Labute approximate surface area is 99.2 Å². The second kappa shape index (κ2) is 6.70. The fourth-order valence-electron chi connectivity index (χ4n) is 1.10. The third-order valence-electron chi connectivity index (χ3n) is 1.92. The maximum Gasteiger partial charge on any atom is 0.315 e. The summed E-state index contributed by atoms with van der Waals surface area (Å²) in [6.07, 6.45) is 0. The smallest absolute Gasteiger partial charge is 0.315 e. The van der Waals surface area contributed by atoms with Crippen molar-refractivity contribution in [3.05, 3.63) is 35.4 Å². The van der Waals surface area contributed by atoms with E-state index < -0.39 is 0 Å². The van der Waals surface area contributed by atoms with Crippen LogP contribution in [0.25, 0.3) is 0 Å². The summed E-state index contributed by atoms with van der Waals surface area (Å²) in [4.78, 5) is 11.2. The van der Waals surface area contributed by atoms with Crippen molar-refractivity contribution in [3.8, 4) is 6.07 Å². The summed E-state index contributed by atoms with van der Waals surface area (Å²) in [5, 5.41) is 13.9. The molecule has 0 atom stereocenters. The maximum atomic E-state index is 11.2. The number of nitrogens with zero attached hydrogens (tertiary/aromatic N) is 1. The lowest BCUT2D eigenvalue weighted by atomic mass is 10.1. The minimum atomic E-state index is -0.245. The predicted octanol–water partition coefficient (Wildman–Crippen LogP) is 1.60. The van der Waals surface area contributed by atoms with Crippen molar-refractivity contribution in [2.45, 2.75) is 6.54 Å². The van der Waals surface area contributed by atoms with Crippen LogP contribution in [0.1, 0.15) is 11.1 Å². The van der Waals surface area contributed by atoms with Crippen LogP contribution in [0.4, 0.5) is 4.79 Å². The van der Waals surface area contributed by atoms with Crippen molar-refractivity contribution in [1.82, 2.24) is 10.6 Å². The molecule has 84 valence electrons. The molecular formula is C11H12ClN3O. The van der Waals surface area contributed by atoms with Crippen molar-refractivity contribution < 1.29 is 4.79 Å². The quantitative estimate of drug-likeness (QED) is 0.782. The highest BCUT2D eigenvalue weighted by molar-refractivity contribution is 6.18. The van der Waals surface area contributed by atoms with Crippen LogP contribution >= 0.6 is 11.6 Å². The minimum Gasteiger partial charge on any atom is -0.337 e. The van der Waals surface area contributed by atoms with Crippen LogP contribution in [-0.4, -0.2) is 18.5 Å². The number of nitrogens with one attached hydrogen (secondary N) is 2. The molecule has 5 heteroatoms. The predicted molar refractivity (Wildman–Crippen MR) is 62.1 cm³/mol. The van der Waals surface area contributed by atoms with Crippen LogP contribution in [0.3, 0.4) is 0 Å². The number of rotatable bonds is 4. The molecule has 0 aliphatic rings. The molecule has 4 nitrogen and oxygen atoms in total. The average molecular weight is 238 g/mol. The van der Waals surface area contributed by atoms with Crippen molar-refractivity contribution >= 4 is 17.6 Å². The molecule has 1 aromatic rings. The summed E-state index contributed by atoms with van der Waals surface area (Å²) in [5.41, 5.74) is 1.55. The van der Waals surface area contributed by atoms with E-state index in [0.717, 1.165) is 5.56 Å². The molecule has 2 N–H and O–H groups in total. The van der Waals surface area contributed by atoms with Gasteiger partial charge in [0.25, 0.3) is 0 Å². The van der Waals surface area contributed by atoms with Crippen LogP contribution in [0.15, 0.2) is 24.3 Å². The fourth-order valence-corrected chi connectivity index (χ4v) is 1.20. The molecule has 0 unspecified atom stereocenters. The zero-order valence-corrected chi connectivity index (χ0v) is 9.42. The molecule has 0 radical (unpaired) electrons. The molecule has 2 amide bonds. The van der Waals surface area contributed by atoms with E-state index in [0.29, 0.717) is 24.5 Å².